The van der Waals surface area contributed by atoms with Crippen LogP contribution in [0.5, 0.6) is 0 Å². The van der Waals surface area contributed by atoms with Gasteiger partial charge in [0, 0.05) is 10.9 Å². The largest absolute Gasteiger partial charge is 0.467 e. The Hall–Kier alpha value is -2.70. The van der Waals surface area contributed by atoms with Crippen molar-refractivity contribution >= 4 is 16.9 Å². The van der Waals surface area contributed by atoms with Crippen molar-refractivity contribution < 1.29 is 26.8 Å². The molecule has 1 aromatic carbocycles. The number of furan rings is 2. The van der Waals surface area contributed by atoms with E-state index in [2.05, 4.69) is 0 Å². The summed E-state index contributed by atoms with van der Waals surface area (Å²) < 4.78 is 49.3. The molecule has 4 nitrogen and oxygen atoms in total. The third-order valence-electron chi connectivity index (χ3n) is 4.33. The number of halogens is 3. The summed E-state index contributed by atoms with van der Waals surface area (Å²) in [4.78, 5) is 13.3. The van der Waals surface area contributed by atoms with Gasteiger partial charge >= 0.3 is 6.18 Å². The number of aryl methyl sites for hydroxylation is 2. The third-order valence-corrected chi connectivity index (χ3v) is 4.33. The van der Waals surface area contributed by atoms with Crippen LogP contribution in [0.25, 0.3) is 11.0 Å². The molecule has 7 heteroatoms. The Bertz CT molecular complexity index is 910. The maximum Gasteiger partial charge on any atom is 0.406 e. The average Bonchev–Trinajstić information content (AvgIpc) is 3.19. The number of amides is 1. The molecule has 138 valence electrons. The monoisotopic (exact) mass is 365 g/mol. The number of carbonyl (C=O) groups excluding carboxylic acids is 1. The van der Waals surface area contributed by atoms with Gasteiger partial charge in [0.2, 0.25) is 5.91 Å². The summed E-state index contributed by atoms with van der Waals surface area (Å²) in [6.45, 7) is 2.27. The molecule has 3 rings (SSSR count). The lowest BCUT2D eigenvalue weighted by atomic mass is 10.0. The van der Waals surface area contributed by atoms with Crippen LogP contribution in [0.2, 0.25) is 0 Å². The molecule has 2 aromatic heterocycles. The SMILES string of the molecule is Cc1ccc2c(CC(=O)N(Cc3ccco3)CC(F)(F)F)coc2c1C. The highest BCUT2D eigenvalue weighted by atomic mass is 19.4. The molecule has 0 N–H and O–H groups in total. The number of fused-ring (bicyclic) bond motifs is 1. The number of hydrogen-bond acceptors (Lipinski definition) is 3. The van der Waals surface area contributed by atoms with Crippen LogP contribution in [0.3, 0.4) is 0 Å². The topological polar surface area (TPSA) is 46.6 Å². The van der Waals surface area contributed by atoms with Crippen molar-refractivity contribution in [3.8, 4) is 0 Å². The standard InChI is InChI=1S/C19H18F3NO3/c1-12-5-6-16-14(10-26-18(16)13(12)2)8-17(24)23(11-19(20,21)22)9-15-4-3-7-25-15/h3-7,10H,8-9,11H2,1-2H3. The van der Waals surface area contributed by atoms with E-state index < -0.39 is 18.6 Å². The Kier molecular flexibility index (Phi) is 4.80. The number of rotatable bonds is 5. The van der Waals surface area contributed by atoms with Gasteiger partial charge in [-0.05, 0) is 37.1 Å². The second kappa shape index (κ2) is 6.90. The van der Waals surface area contributed by atoms with Gasteiger partial charge in [-0.25, -0.2) is 0 Å². The lowest BCUT2D eigenvalue weighted by molar-refractivity contribution is -0.162. The second-order valence-corrected chi connectivity index (χ2v) is 6.27. The fourth-order valence-corrected chi connectivity index (χ4v) is 2.84. The van der Waals surface area contributed by atoms with Gasteiger partial charge in [0.1, 0.15) is 17.9 Å². The molecule has 1 amide bonds. The van der Waals surface area contributed by atoms with Crippen molar-refractivity contribution in [1.82, 2.24) is 4.90 Å². The van der Waals surface area contributed by atoms with E-state index in [0.717, 1.165) is 21.4 Å². The molecule has 0 radical (unpaired) electrons. The molecule has 0 unspecified atom stereocenters. The first-order chi connectivity index (χ1) is 12.2. The quantitative estimate of drug-likeness (QED) is 0.654. The van der Waals surface area contributed by atoms with Gasteiger partial charge in [0.05, 0.1) is 25.5 Å². The highest BCUT2D eigenvalue weighted by molar-refractivity contribution is 5.89. The van der Waals surface area contributed by atoms with Crippen molar-refractivity contribution in [2.24, 2.45) is 0 Å². The molecule has 2 heterocycles. The molecule has 0 spiro atoms. The van der Waals surface area contributed by atoms with Crippen LogP contribution >= 0.6 is 0 Å². The summed E-state index contributed by atoms with van der Waals surface area (Å²) in [5, 5.41) is 0.742. The molecule has 3 aromatic rings. The van der Waals surface area contributed by atoms with E-state index in [-0.39, 0.29) is 13.0 Å². The molecule has 0 atom stereocenters. The van der Waals surface area contributed by atoms with Crippen LogP contribution in [0.1, 0.15) is 22.5 Å². The lowest BCUT2D eigenvalue weighted by Crippen LogP contribution is -2.39. The van der Waals surface area contributed by atoms with Gasteiger partial charge in [-0.3, -0.25) is 4.79 Å². The number of hydrogen-bond donors (Lipinski definition) is 0. The van der Waals surface area contributed by atoms with Crippen LogP contribution < -0.4 is 0 Å². The predicted molar refractivity (Wildman–Crippen MR) is 89.6 cm³/mol. The molecule has 0 saturated carbocycles. The van der Waals surface area contributed by atoms with Crippen LogP contribution in [0, 0.1) is 13.8 Å². The third kappa shape index (κ3) is 3.92. The summed E-state index contributed by atoms with van der Waals surface area (Å²) in [6, 6.07) is 6.83. The van der Waals surface area contributed by atoms with Crippen LogP contribution in [-0.2, 0) is 17.8 Å². The van der Waals surface area contributed by atoms with Gasteiger partial charge in [-0.1, -0.05) is 12.1 Å². The van der Waals surface area contributed by atoms with E-state index in [1.807, 2.05) is 26.0 Å². The lowest BCUT2D eigenvalue weighted by Gasteiger charge is -2.23. The zero-order valence-corrected chi connectivity index (χ0v) is 14.4. The van der Waals surface area contributed by atoms with Gasteiger partial charge in [0.25, 0.3) is 0 Å². The predicted octanol–water partition coefficient (Wildman–Crippen LogP) is 4.78. The molecule has 0 aliphatic heterocycles. The van der Waals surface area contributed by atoms with E-state index in [1.165, 1.54) is 18.6 Å². The van der Waals surface area contributed by atoms with Crippen molar-refractivity contribution in [3.05, 3.63) is 59.2 Å². The first-order valence-corrected chi connectivity index (χ1v) is 8.08. The number of nitrogens with zero attached hydrogens (tertiary/aromatic N) is 1. The van der Waals surface area contributed by atoms with Crippen molar-refractivity contribution in [3.63, 3.8) is 0 Å². The van der Waals surface area contributed by atoms with Gasteiger partial charge < -0.3 is 13.7 Å². The Morgan fingerprint density at radius 3 is 2.58 bits per heavy atom. The number of carbonyl (C=O) groups is 1. The maximum atomic E-state index is 12.9. The second-order valence-electron chi connectivity index (χ2n) is 6.27. The molecular weight excluding hydrogens is 347 g/mol. The van der Waals surface area contributed by atoms with E-state index in [4.69, 9.17) is 8.83 Å². The van der Waals surface area contributed by atoms with Crippen molar-refractivity contribution in [2.75, 3.05) is 6.54 Å². The van der Waals surface area contributed by atoms with Gasteiger partial charge in [-0.15, -0.1) is 0 Å². The minimum atomic E-state index is -4.49. The Morgan fingerprint density at radius 1 is 1.15 bits per heavy atom. The summed E-state index contributed by atoms with van der Waals surface area (Å²) in [7, 11) is 0. The smallest absolute Gasteiger partial charge is 0.406 e. The van der Waals surface area contributed by atoms with Crippen LogP contribution in [0.15, 0.2) is 45.6 Å². The minimum absolute atomic E-state index is 0.174. The highest BCUT2D eigenvalue weighted by Crippen LogP contribution is 2.27. The Balaban J connectivity index is 1.84. The van der Waals surface area contributed by atoms with Crippen LogP contribution in [-0.4, -0.2) is 23.5 Å². The van der Waals surface area contributed by atoms with Gasteiger partial charge in [-0.2, -0.15) is 13.2 Å². The van der Waals surface area contributed by atoms with E-state index in [0.29, 0.717) is 16.9 Å². The highest BCUT2D eigenvalue weighted by Gasteiger charge is 2.33. The fourth-order valence-electron chi connectivity index (χ4n) is 2.84. The zero-order valence-electron chi connectivity index (χ0n) is 14.4. The van der Waals surface area contributed by atoms with Crippen LogP contribution in [0.4, 0.5) is 13.2 Å². The van der Waals surface area contributed by atoms with Crippen molar-refractivity contribution in [1.29, 1.82) is 0 Å². The van der Waals surface area contributed by atoms with Gasteiger partial charge in [0.15, 0.2) is 0 Å². The van der Waals surface area contributed by atoms with Crippen molar-refractivity contribution in [2.45, 2.75) is 33.0 Å². The summed E-state index contributed by atoms with van der Waals surface area (Å²) >= 11 is 0. The number of alkyl halides is 3. The Morgan fingerprint density at radius 2 is 1.92 bits per heavy atom. The average molecular weight is 365 g/mol. The normalized spacial score (nSPS) is 11.9. The fraction of sp³-hybridized carbons (Fsp3) is 0.316. The number of benzene rings is 1. The van der Waals surface area contributed by atoms with E-state index >= 15 is 0 Å². The summed E-state index contributed by atoms with van der Waals surface area (Å²) in [5.74, 6) is -0.342. The molecule has 0 saturated heterocycles. The summed E-state index contributed by atoms with van der Waals surface area (Å²) in [6.07, 6.45) is -1.87. The summed E-state index contributed by atoms with van der Waals surface area (Å²) in [5.41, 5.74) is 3.21. The maximum absolute atomic E-state index is 12.9. The first kappa shape index (κ1) is 18.1. The molecule has 0 bridgehead atoms. The molecule has 0 fully saturated rings. The minimum Gasteiger partial charge on any atom is -0.467 e. The van der Waals surface area contributed by atoms with E-state index in [9.17, 15) is 18.0 Å². The molecular formula is C19H18F3NO3. The first-order valence-electron chi connectivity index (χ1n) is 8.08. The zero-order chi connectivity index (χ0) is 18.9. The molecule has 0 aliphatic rings. The van der Waals surface area contributed by atoms with E-state index in [1.54, 1.807) is 6.07 Å². The molecule has 26 heavy (non-hydrogen) atoms. The Labute approximate surface area is 148 Å². The molecule has 0 aliphatic carbocycles.